The molecule has 20 heavy (non-hydrogen) atoms. The monoisotopic (exact) mass is 296 g/mol. The molecule has 1 saturated carbocycles. The van der Waals surface area contributed by atoms with Crippen molar-refractivity contribution in [2.75, 3.05) is 5.32 Å². The van der Waals surface area contributed by atoms with Gasteiger partial charge in [0.05, 0.1) is 6.04 Å². The van der Waals surface area contributed by atoms with Gasteiger partial charge in [0, 0.05) is 11.7 Å². The van der Waals surface area contributed by atoms with Crippen molar-refractivity contribution in [3.8, 4) is 0 Å². The molecular weight excluding hydrogens is 272 g/mol. The average molecular weight is 297 g/mol. The van der Waals surface area contributed by atoms with Crippen molar-refractivity contribution < 1.29 is 4.79 Å². The number of rotatable bonds is 4. The van der Waals surface area contributed by atoms with E-state index in [9.17, 15) is 4.79 Å². The smallest absolute Gasteiger partial charge is 0.241 e. The molecule has 2 N–H and O–H groups in total. The van der Waals surface area contributed by atoms with Crippen LogP contribution in [-0.4, -0.2) is 18.0 Å². The van der Waals surface area contributed by atoms with Gasteiger partial charge in [-0.25, -0.2) is 0 Å². The number of amides is 1. The van der Waals surface area contributed by atoms with E-state index in [0.29, 0.717) is 6.04 Å². The summed E-state index contributed by atoms with van der Waals surface area (Å²) in [4.78, 5) is 12.0. The lowest BCUT2D eigenvalue weighted by molar-refractivity contribution is -0.117. The fourth-order valence-corrected chi connectivity index (χ4v) is 1.98. The Hall–Kier alpha value is -1.06. The minimum Gasteiger partial charge on any atom is -0.325 e. The number of hydrogen-bond acceptors (Lipinski definition) is 2. The van der Waals surface area contributed by atoms with E-state index in [1.54, 1.807) is 0 Å². The molecule has 1 unspecified atom stereocenters. The van der Waals surface area contributed by atoms with Gasteiger partial charge in [0.2, 0.25) is 5.91 Å². The van der Waals surface area contributed by atoms with Crippen LogP contribution >= 0.6 is 12.4 Å². The first-order valence-electron chi connectivity index (χ1n) is 7.04. The molecule has 1 aromatic carbocycles. The predicted molar refractivity (Wildman–Crippen MR) is 86.6 cm³/mol. The molecule has 3 nitrogen and oxygen atoms in total. The highest BCUT2D eigenvalue weighted by molar-refractivity contribution is 5.94. The van der Waals surface area contributed by atoms with Crippen LogP contribution in [0.1, 0.15) is 46.1 Å². The van der Waals surface area contributed by atoms with Crippen molar-refractivity contribution in [2.45, 2.75) is 58.0 Å². The summed E-state index contributed by atoms with van der Waals surface area (Å²) in [5, 5.41) is 6.25. The van der Waals surface area contributed by atoms with Crippen LogP contribution < -0.4 is 10.6 Å². The van der Waals surface area contributed by atoms with Gasteiger partial charge < -0.3 is 10.6 Å². The number of nitrogens with one attached hydrogen (secondary N) is 2. The lowest BCUT2D eigenvalue weighted by Gasteiger charge is -2.19. The van der Waals surface area contributed by atoms with E-state index in [0.717, 1.165) is 5.69 Å². The lowest BCUT2D eigenvalue weighted by atomic mass is 9.87. The second-order valence-corrected chi connectivity index (χ2v) is 6.48. The van der Waals surface area contributed by atoms with E-state index in [-0.39, 0.29) is 29.8 Å². The quantitative estimate of drug-likeness (QED) is 0.893. The molecule has 1 amide bonds. The van der Waals surface area contributed by atoms with E-state index in [1.165, 1.54) is 18.4 Å². The Bertz CT molecular complexity index is 447. The summed E-state index contributed by atoms with van der Waals surface area (Å²) in [6, 6.07) is 8.52. The third-order valence-corrected chi connectivity index (χ3v) is 3.47. The van der Waals surface area contributed by atoms with Crippen molar-refractivity contribution in [2.24, 2.45) is 0 Å². The summed E-state index contributed by atoms with van der Waals surface area (Å²) in [7, 11) is 0. The Morgan fingerprint density at radius 1 is 1.20 bits per heavy atom. The third-order valence-electron chi connectivity index (χ3n) is 3.47. The molecule has 1 atom stereocenters. The van der Waals surface area contributed by atoms with Crippen molar-refractivity contribution in [3.05, 3.63) is 29.8 Å². The molecule has 0 radical (unpaired) electrons. The average Bonchev–Trinajstić information content (AvgIpc) is 3.12. The molecule has 1 fully saturated rings. The Kier molecular flexibility index (Phi) is 5.60. The predicted octanol–water partition coefficient (Wildman–Crippen LogP) is 3.48. The number of carbonyl (C=O) groups is 1. The number of hydrogen-bond donors (Lipinski definition) is 2. The first kappa shape index (κ1) is 17.0. The molecule has 1 aliphatic carbocycles. The molecule has 1 aromatic rings. The molecule has 112 valence electrons. The summed E-state index contributed by atoms with van der Waals surface area (Å²) in [5.41, 5.74) is 2.28. The van der Waals surface area contributed by atoms with Crippen LogP contribution in [0.5, 0.6) is 0 Å². The minimum atomic E-state index is -0.130. The van der Waals surface area contributed by atoms with Crippen molar-refractivity contribution in [1.82, 2.24) is 5.32 Å². The molecule has 0 bridgehead atoms. The molecule has 4 heteroatoms. The van der Waals surface area contributed by atoms with Crippen molar-refractivity contribution >= 4 is 24.0 Å². The van der Waals surface area contributed by atoms with Gasteiger partial charge in [0.15, 0.2) is 0 Å². The van der Waals surface area contributed by atoms with Crippen molar-refractivity contribution in [3.63, 3.8) is 0 Å². The standard InChI is InChI=1S/C16H24N2O.ClH/c1-11(17-13-9-10-13)15(19)18-14-7-5-12(6-8-14)16(2,3)4;/h5-8,11,13,17H,9-10H2,1-4H3,(H,18,19);1H. The molecule has 1 aliphatic rings. The molecule has 0 heterocycles. The van der Waals surface area contributed by atoms with Crippen LogP contribution in [0.3, 0.4) is 0 Å². The normalized spacial score (nSPS) is 16.2. The van der Waals surface area contributed by atoms with E-state index in [1.807, 2.05) is 19.1 Å². The highest BCUT2D eigenvalue weighted by atomic mass is 35.5. The van der Waals surface area contributed by atoms with Crippen LogP contribution in [0.15, 0.2) is 24.3 Å². The van der Waals surface area contributed by atoms with Crippen LogP contribution in [0.2, 0.25) is 0 Å². The van der Waals surface area contributed by atoms with Gasteiger partial charge >= 0.3 is 0 Å². The molecule has 0 saturated heterocycles. The van der Waals surface area contributed by atoms with E-state index >= 15 is 0 Å². The Morgan fingerprint density at radius 2 is 1.75 bits per heavy atom. The molecule has 0 aromatic heterocycles. The fourth-order valence-electron chi connectivity index (χ4n) is 1.98. The largest absolute Gasteiger partial charge is 0.325 e. The van der Waals surface area contributed by atoms with Crippen LogP contribution in [0.25, 0.3) is 0 Å². The van der Waals surface area contributed by atoms with Gasteiger partial charge in [-0.15, -0.1) is 12.4 Å². The van der Waals surface area contributed by atoms with Crippen LogP contribution in [0.4, 0.5) is 5.69 Å². The maximum absolute atomic E-state index is 12.0. The highest BCUT2D eigenvalue weighted by Crippen LogP contribution is 2.23. The highest BCUT2D eigenvalue weighted by Gasteiger charge is 2.25. The number of carbonyl (C=O) groups excluding carboxylic acids is 1. The zero-order chi connectivity index (χ0) is 14.0. The summed E-state index contributed by atoms with van der Waals surface area (Å²) in [6.07, 6.45) is 2.38. The Labute approximate surface area is 127 Å². The number of halogens is 1. The summed E-state index contributed by atoms with van der Waals surface area (Å²) >= 11 is 0. The molecule has 2 rings (SSSR count). The first-order chi connectivity index (χ1) is 8.86. The van der Waals surface area contributed by atoms with Gasteiger partial charge in [-0.05, 0) is 42.9 Å². The summed E-state index contributed by atoms with van der Waals surface area (Å²) in [6.45, 7) is 8.46. The Morgan fingerprint density at radius 3 is 2.20 bits per heavy atom. The van der Waals surface area contributed by atoms with E-state index in [4.69, 9.17) is 0 Å². The summed E-state index contributed by atoms with van der Waals surface area (Å²) < 4.78 is 0. The van der Waals surface area contributed by atoms with E-state index < -0.39 is 0 Å². The lowest BCUT2D eigenvalue weighted by Crippen LogP contribution is -2.39. The second kappa shape index (κ2) is 6.59. The van der Waals surface area contributed by atoms with Gasteiger partial charge in [-0.1, -0.05) is 32.9 Å². The van der Waals surface area contributed by atoms with Gasteiger partial charge in [-0.3, -0.25) is 4.79 Å². The topological polar surface area (TPSA) is 41.1 Å². The van der Waals surface area contributed by atoms with Crippen molar-refractivity contribution in [1.29, 1.82) is 0 Å². The molecular formula is C16H25ClN2O. The summed E-state index contributed by atoms with van der Waals surface area (Å²) in [5.74, 6) is 0.0374. The van der Waals surface area contributed by atoms with E-state index in [2.05, 4.69) is 43.5 Å². The maximum Gasteiger partial charge on any atom is 0.241 e. The first-order valence-corrected chi connectivity index (χ1v) is 7.04. The molecule has 0 spiro atoms. The zero-order valence-corrected chi connectivity index (χ0v) is 13.5. The van der Waals surface area contributed by atoms with Gasteiger partial charge in [0.25, 0.3) is 0 Å². The number of anilines is 1. The van der Waals surface area contributed by atoms with Gasteiger partial charge in [-0.2, -0.15) is 0 Å². The minimum absolute atomic E-state index is 0. The molecule has 0 aliphatic heterocycles. The fraction of sp³-hybridized carbons (Fsp3) is 0.562. The second-order valence-electron chi connectivity index (χ2n) is 6.48. The number of benzene rings is 1. The zero-order valence-electron chi connectivity index (χ0n) is 12.7. The SMILES string of the molecule is CC(NC1CC1)C(=O)Nc1ccc(C(C)(C)C)cc1.Cl. The van der Waals surface area contributed by atoms with Crippen LogP contribution in [0, 0.1) is 0 Å². The third kappa shape index (κ3) is 4.80. The van der Waals surface area contributed by atoms with Crippen LogP contribution in [-0.2, 0) is 10.2 Å². The van der Waals surface area contributed by atoms with Gasteiger partial charge in [0.1, 0.15) is 0 Å². The Balaban J connectivity index is 0.00000200. The maximum atomic E-state index is 12.0.